The minimum absolute atomic E-state index is 0.0172. The van der Waals surface area contributed by atoms with Crippen LogP contribution < -0.4 is 20.9 Å². The van der Waals surface area contributed by atoms with Crippen LogP contribution in [0.3, 0.4) is 0 Å². The van der Waals surface area contributed by atoms with Crippen LogP contribution >= 0.6 is 11.6 Å². The van der Waals surface area contributed by atoms with Gasteiger partial charge in [0.2, 0.25) is 11.8 Å². The third kappa shape index (κ3) is 7.37. The molecule has 0 unspecified atom stereocenters. The molecule has 5 atom stereocenters. The molecule has 0 bridgehead atoms. The lowest BCUT2D eigenvalue weighted by molar-refractivity contribution is -0.145. The van der Waals surface area contributed by atoms with E-state index in [2.05, 4.69) is 16.0 Å². The van der Waals surface area contributed by atoms with Crippen LogP contribution in [-0.2, 0) is 25.5 Å². The van der Waals surface area contributed by atoms with Crippen molar-refractivity contribution in [2.24, 2.45) is 5.92 Å². The number of ether oxygens (including phenoxy) is 1. The van der Waals surface area contributed by atoms with E-state index in [4.69, 9.17) is 16.3 Å². The number of carboxylic acid groups (broad SMARTS) is 1. The van der Waals surface area contributed by atoms with Crippen molar-refractivity contribution in [3.63, 3.8) is 0 Å². The van der Waals surface area contributed by atoms with Gasteiger partial charge in [0.05, 0.1) is 12.2 Å². The van der Waals surface area contributed by atoms with Gasteiger partial charge in [0, 0.05) is 29.4 Å². The minimum Gasteiger partial charge on any atom is -0.479 e. The first kappa shape index (κ1) is 32.6. The molecule has 0 radical (unpaired) electrons. The fourth-order valence-corrected chi connectivity index (χ4v) is 6.60. The van der Waals surface area contributed by atoms with Crippen LogP contribution in [0.25, 0.3) is 0 Å². The molecule has 0 aromatic heterocycles. The van der Waals surface area contributed by atoms with E-state index in [1.807, 2.05) is 39.0 Å². The Kier molecular flexibility index (Phi) is 9.34. The van der Waals surface area contributed by atoms with Crippen molar-refractivity contribution in [3.05, 3.63) is 40.9 Å². The molecule has 1 saturated carbocycles. The zero-order valence-electron chi connectivity index (χ0n) is 25.9. The topological polar surface area (TPSA) is 157 Å². The van der Waals surface area contributed by atoms with Gasteiger partial charge in [-0.15, -0.1) is 0 Å². The molecule has 12 nitrogen and oxygen atoms in total. The fraction of sp³-hybridized carbons (Fsp3) is 0.594. The molecule has 13 heteroatoms. The number of anilines is 1. The van der Waals surface area contributed by atoms with Gasteiger partial charge in [-0.2, -0.15) is 0 Å². The number of nitrogens with one attached hydrogen (secondary N) is 3. The number of aliphatic carboxylic acids is 1. The largest absolute Gasteiger partial charge is 0.479 e. The van der Waals surface area contributed by atoms with Gasteiger partial charge in [-0.1, -0.05) is 42.7 Å². The molecule has 2 fully saturated rings. The number of amides is 5. The summed E-state index contributed by atoms with van der Waals surface area (Å²) in [5, 5.41) is 18.9. The lowest BCUT2D eigenvalue weighted by atomic mass is 10.0. The number of nitrogens with zero attached hydrogens (tertiary/aromatic N) is 2. The predicted molar refractivity (Wildman–Crippen MR) is 167 cm³/mol. The number of allylic oxidation sites excluding steroid dienone is 1. The summed E-state index contributed by atoms with van der Waals surface area (Å²) < 4.78 is 5.87. The number of halogens is 1. The normalized spacial score (nSPS) is 29.2. The summed E-state index contributed by atoms with van der Waals surface area (Å²) in [5.74, 6) is -2.62. The third-order valence-corrected chi connectivity index (χ3v) is 9.08. The second kappa shape index (κ2) is 12.9. The van der Waals surface area contributed by atoms with Crippen LogP contribution in [0, 0.1) is 5.92 Å². The molecule has 1 aromatic rings. The van der Waals surface area contributed by atoms with E-state index >= 15 is 0 Å². The Hall–Kier alpha value is -3.80. The van der Waals surface area contributed by atoms with Crippen LogP contribution in [0.15, 0.2) is 30.4 Å². The molecular formula is C32H42ClN5O7. The summed E-state index contributed by atoms with van der Waals surface area (Å²) in [6.45, 7) is 5.80. The second-order valence-electron chi connectivity index (χ2n) is 13.5. The number of fused-ring (bicyclic) bond motifs is 3. The highest BCUT2D eigenvalue weighted by Crippen LogP contribution is 2.45. The summed E-state index contributed by atoms with van der Waals surface area (Å²) in [6, 6.07) is 2.78. The van der Waals surface area contributed by atoms with Crippen molar-refractivity contribution in [1.82, 2.24) is 20.9 Å². The monoisotopic (exact) mass is 643 g/mol. The van der Waals surface area contributed by atoms with E-state index < -0.39 is 59.2 Å². The van der Waals surface area contributed by atoms with E-state index in [1.165, 1.54) is 9.80 Å². The molecule has 4 N–H and O–H groups in total. The Morgan fingerprint density at radius 1 is 1.16 bits per heavy atom. The second-order valence-corrected chi connectivity index (χ2v) is 13.9. The fourth-order valence-electron chi connectivity index (χ4n) is 6.43. The van der Waals surface area contributed by atoms with Crippen LogP contribution in [0.5, 0.6) is 0 Å². The zero-order valence-corrected chi connectivity index (χ0v) is 26.7. The highest BCUT2D eigenvalue weighted by Gasteiger charge is 2.61. The summed E-state index contributed by atoms with van der Waals surface area (Å²) in [4.78, 5) is 69.2. The maximum Gasteiger partial charge on any atom is 0.414 e. The lowest BCUT2D eigenvalue weighted by Crippen LogP contribution is -2.58. The Bertz CT molecular complexity index is 1390. The first-order valence-corrected chi connectivity index (χ1v) is 16.0. The number of urea groups is 1. The first-order chi connectivity index (χ1) is 21.3. The van der Waals surface area contributed by atoms with Crippen LogP contribution in [0.4, 0.5) is 15.3 Å². The van der Waals surface area contributed by atoms with E-state index in [0.29, 0.717) is 36.5 Å². The molecule has 244 valence electrons. The number of hydrogen-bond acceptors (Lipinski definition) is 6. The smallest absolute Gasteiger partial charge is 0.414 e. The number of hydrogen-bond donors (Lipinski definition) is 4. The minimum atomic E-state index is -1.46. The quantitative estimate of drug-likeness (QED) is 0.365. The third-order valence-electron chi connectivity index (χ3n) is 8.85. The van der Waals surface area contributed by atoms with Gasteiger partial charge in [0.1, 0.15) is 23.7 Å². The van der Waals surface area contributed by atoms with Gasteiger partial charge in [0.25, 0.3) is 0 Å². The number of carboxylic acids is 1. The highest BCUT2D eigenvalue weighted by atomic mass is 35.5. The molecule has 5 rings (SSSR count). The SMILES string of the molecule is CC(C)(C)NC(=O)N[C@H]1CCCCC/C=C\[C@@H]2C[C@@]2(C(=O)O)NC(=O)[C@@H]2C[C@@H](OC(=O)N3CCc4ccc(Cl)cc43)CN2C1=O. The summed E-state index contributed by atoms with van der Waals surface area (Å²) in [5.41, 5.74) is -0.391. The van der Waals surface area contributed by atoms with Crippen molar-refractivity contribution >= 4 is 47.2 Å². The molecule has 1 aliphatic carbocycles. The average molecular weight is 644 g/mol. The lowest BCUT2D eigenvalue weighted by Gasteiger charge is -2.30. The van der Waals surface area contributed by atoms with Crippen molar-refractivity contribution in [2.45, 2.75) is 101 Å². The zero-order chi connectivity index (χ0) is 32.5. The molecule has 0 spiro atoms. The van der Waals surface area contributed by atoms with E-state index in [0.717, 1.165) is 24.8 Å². The predicted octanol–water partition coefficient (Wildman–Crippen LogP) is 3.75. The number of carbonyl (C=O) groups is 5. The van der Waals surface area contributed by atoms with Crippen molar-refractivity contribution in [1.29, 1.82) is 0 Å². The van der Waals surface area contributed by atoms with Crippen molar-refractivity contribution < 1.29 is 33.8 Å². The van der Waals surface area contributed by atoms with Crippen LogP contribution in [0.1, 0.15) is 71.3 Å². The number of benzene rings is 1. The summed E-state index contributed by atoms with van der Waals surface area (Å²) >= 11 is 6.17. The van der Waals surface area contributed by atoms with Crippen LogP contribution in [-0.4, -0.2) is 82.3 Å². The molecule has 5 amide bonds. The molecule has 3 aliphatic heterocycles. The molecule has 3 heterocycles. The van der Waals surface area contributed by atoms with Gasteiger partial charge < -0.3 is 30.7 Å². The van der Waals surface area contributed by atoms with E-state index in [-0.39, 0.29) is 25.3 Å². The van der Waals surface area contributed by atoms with Crippen LogP contribution in [0.2, 0.25) is 5.02 Å². The highest BCUT2D eigenvalue weighted by molar-refractivity contribution is 6.31. The van der Waals surface area contributed by atoms with Gasteiger partial charge in [-0.3, -0.25) is 14.5 Å². The standard InChI is InChI=1S/C32H42ClN5O7/c1-31(2,3)36-29(43)34-23-10-8-6-4-5-7-9-20-17-32(20,28(41)42)35-26(39)25-16-22(18-38(25)27(23)40)45-30(44)37-14-13-19-11-12-21(33)15-24(19)37/h7,9,11-12,15,20,22-23,25H,4-6,8,10,13-14,16-18H2,1-3H3,(H,35,39)(H,41,42)(H2,34,36,43)/b9-7-/t20-,22-,23+,25+,32-/m1/s1. The average Bonchev–Trinajstić information content (AvgIpc) is 3.27. The van der Waals surface area contributed by atoms with Gasteiger partial charge >= 0.3 is 18.1 Å². The van der Waals surface area contributed by atoms with Crippen molar-refractivity contribution in [3.8, 4) is 0 Å². The van der Waals surface area contributed by atoms with Gasteiger partial charge in [-0.05, 0) is 70.6 Å². The molecule has 1 saturated heterocycles. The van der Waals surface area contributed by atoms with Gasteiger partial charge in [0.15, 0.2) is 0 Å². The Morgan fingerprint density at radius 3 is 2.67 bits per heavy atom. The first-order valence-electron chi connectivity index (χ1n) is 15.7. The Balaban J connectivity index is 1.39. The van der Waals surface area contributed by atoms with Gasteiger partial charge in [-0.25, -0.2) is 14.4 Å². The van der Waals surface area contributed by atoms with E-state index in [1.54, 1.807) is 12.1 Å². The molecule has 4 aliphatic rings. The number of rotatable bonds is 3. The molecule has 45 heavy (non-hydrogen) atoms. The maximum absolute atomic E-state index is 14.1. The Labute approximate surface area is 267 Å². The summed E-state index contributed by atoms with van der Waals surface area (Å²) in [6.07, 6.45) is 6.58. The molecular weight excluding hydrogens is 602 g/mol. The maximum atomic E-state index is 14.1. The van der Waals surface area contributed by atoms with Crippen molar-refractivity contribution in [2.75, 3.05) is 18.0 Å². The number of carbonyl (C=O) groups excluding carboxylic acids is 4. The summed E-state index contributed by atoms with van der Waals surface area (Å²) in [7, 11) is 0. The Morgan fingerprint density at radius 2 is 1.93 bits per heavy atom. The van der Waals surface area contributed by atoms with E-state index in [9.17, 15) is 29.1 Å². The molecule has 1 aromatic carbocycles.